The fraction of sp³-hybridized carbons (Fsp3) is 0.150. The van der Waals surface area contributed by atoms with Gasteiger partial charge in [0.25, 0.3) is 0 Å². The summed E-state index contributed by atoms with van der Waals surface area (Å²) in [5, 5.41) is 1.57. The maximum Gasteiger partial charge on any atom is 0.217 e. The number of nitrogens with one attached hydrogen (secondary N) is 1. The van der Waals surface area contributed by atoms with Gasteiger partial charge in [0.15, 0.2) is 0 Å². The van der Waals surface area contributed by atoms with E-state index in [9.17, 15) is 4.39 Å². The van der Waals surface area contributed by atoms with Crippen LogP contribution in [-0.4, -0.2) is 19.9 Å². The fourth-order valence-electron chi connectivity index (χ4n) is 3.00. The van der Waals surface area contributed by atoms with E-state index in [4.69, 9.17) is 11.6 Å². The molecular formula is C20H15ClFN4. The number of aromatic nitrogens is 4. The molecule has 1 N–H and O–H groups in total. The standard InChI is InChI=1S/C20H15ClFN4/c1-12-2-18-16(10-26-20(18)25-7-12)6-15-4-13(9-24-19(15)22)3-14-5-17(21)11-23-8-14/h2,4-5,7-8,10-11H,3,6H2,1H3,(H,25,26). The van der Waals surface area contributed by atoms with Gasteiger partial charge in [-0.25, -0.2) is 9.97 Å². The van der Waals surface area contributed by atoms with E-state index < -0.39 is 5.95 Å². The highest BCUT2D eigenvalue weighted by Gasteiger charge is 2.11. The molecule has 1 radical (unpaired) electrons. The van der Waals surface area contributed by atoms with Crippen LogP contribution >= 0.6 is 11.6 Å². The van der Waals surface area contributed by atoms with Crippen LogP contribution in [0.3, 0.4) is 0 Å². The minimum Gasteiger partial charge on any atom is -0.346 e. The third-order valence-corrected chi connectivity index (χ3v) is 4.41. The maximum absolute atomic E-state index is 14.2. The fourth-order valence-corrected chi connectivity index (χ4v) is 3.19. The molecule has 26 heavy (non-hydrogen) atoms. The van der Waals surface area contributed by atoms with Crippen molar-refractivity contribution in [1.82, 2.24) is 19.9 Å². The van der Waals surface area contributed by atoms with E-state index in [2.05, 4.69) is 26.1 Å². The third kappa shape index (κ3) is 3.44. The topological polar surface area (TPSA) is 54.5 Å². The molecule has 4 aromatic rings. The molecule has 0 aromatic carbocycles. The predicted octanol–water partition coefficient (Wildman–Crippen LogP) is 4.44. The van der Waals surface area contributed by atoms with Crippen LogP contribution in [0.5, 0.6) is 0 Å². The van der Waals surface area contributed by atoms with E-state index in [-0.39, 0.29) is 0 Å². The van der Waals surface area contributed by atoms with Gasteiger partial charge in [0, 0.05) is 48.6 Å². The highest BCUT2D eigenvalue weighted by molar-refractivity contribution is 6.30. The average Bonchev–Trinajstić information content (AvgIpc) is 3.00. The molecule has 0 amide bonds. The number of nitrogens with zero attached hydrogens (tertiary/aromatic N) is 3. The SMILES string of the molecule is Cc1cnc2[nH]cc(Cc3cc(Cc4cncc(Cl)c4)[c]nc3F)c2c1. The Morgan fingerprint density at radius 1 is 1.12 bits per heavy atom. The lowest BCUT2D eigenvalue weighted by atomic mass is 10.0. The number of aryl methyl sites for hydroxylation is 1. The first kappa shape index (κ1) is 16.7. The molecule has 0 bridgehead atoms. The van der Waals surface area contributed by atoms with Crippen molar-refractivity contribution in [3.05, 3.63) is 88.0 Å². The Balaban J connectivity index is 1.64. The van der Waals surface area contributed by atoms with Crippen LogP contribution in [0, 0.1) is 19.1 Å². The Hall–Kier alpha value is -2.79. The summed E-state index contributed by atoms with van der Waals surface area (Å²) in [5.74, 6) is -0.507. The molecule has 0 aliphatic heterocycles. The second-order valence-electron chi connectivity index (χ2n) is 6.30. The Morgan fingerprint density at radius 3 is 2.85 bits per heavy atom. The van der Waals surface area contributed by atoms with Gasteiger partial charge in [-0.15, -0.1) is 0 Å². The normalized spacial score (nSPS) is 11.2. The summed E-state index contributed by atoms with van der Waals surface area (Å²) in [5.41, 5.74) is 5.09. The van der Waals surface area contributed by atoms with Crippen LogP contribution < -0.4 is 0 Å². The lowest BCUT2D eigenvalue weighted by molar-refractivity contribution is 0.568. The molecule has 0 aliphatic carbocycles. The Kier molecular flexibility index (Phi) is 4.39. The molecule has 0 aliphatic rings. The Morgan fingerprint density at radius 2 is 2.00 bits per heavy atom. The average molecular weight is 366 g/mol. The summed E-state index contributed by atoms with van der Waals surface area (Å²) in [4.78, 5) is 15.4. The van der Waals surface area contributed by atoms with Crippen LogP contribution in [0.25, 0.3) is 11.0 Å². The summed E-state index contributed by atoms with van der Waals surface area (Å²) in [6.45, 7) is 1.99. The number of hydrogen-bond acceptors (Lipinski definition) is 3. The molecule has 4 heterocycles. The summed E-state index contributed by atoms with van der Waals surface area (Å²) >= 11 is 5.97. The molecule has 4 rings (SSSR count). The minimum absolute atomic E-state index is 0.430. The van der Waals surface area contributed by atoms with E-state index in [0.717, 1.165) is 33.3 Å². The van der Waals surface area contributed by atoms with Gasteiger partial charge in [-0.05, 0) is 47.4 Å². The van der Waals surface area contributed by atoms with Crippen LogP contribution in [0.1, 0.15) is 27.8 Å². The molecular weight excluding hydrogens is 351 g/mol. The maximum atomic E-state index is 14.2. The zero-order chi connectivity index (χ0) is 18.1. The zero-order valence-corrected chi connectivity index (χ0v) is 14.8. The van der Waals surface area contributed by atoms with E-state index in [1.807, 2.05) is 25.3 Å². The number of pyridine rings is 3. The zero-order valence-electron chi connectivity index (χ0n) is 14.1. The predicted molar refractivity (Wildman–Crippen MR) is 98.7 cm³/mol. The van der Waals surface area contributed by atoms with E-state index >= 15 is 0 Å². The van der Waals surface area contributed by atoms with E-state index in [1.54, 1.807) is 24.7 Å². The first-order chi connectivity index (χ1) is 12.6. The van der Waals surface area contributed by atoms with Crippen LogP contribution in [0.15, 0.2) is 43.0 Å². The van der Waals surface area contributed by atoms with E-state index in [0.29, 0.717) is 23.4 Å². The van der Waals surface area contributed by atoms with Gasteiger partial charge < -0.3 is 4.98 Å². The van der Waals surface area contributed by atoms with Crippen molar-refractivity contribution in [1.29, 1.82) is 0 Å². The first-order valence-electron chi connectivity index (χ1n) is 8.16. The second kappa shape index (κ2) is 6.84. The van der Waals surface area contributed by atoms with E-state index in [1.165, 1.54) is 0 Å². The molecule has 129 valence electrons. The Bertz CT molecular complexity index is 1090. The number of fused-ring (bicyclic) bond motifs is 1. The minimum atomic E-state index is -0.507. The molecule has 0 saturated carbocycles. The molecule has 0 spiro atoms. The van der Waals surface area contributed by atoms with Crippen molar-refractivity contribution in [3.8, 4) is 0 Å². The summed E-state index contributed by atoms with van der Waals surface area (Å²) in [6.07, 6.45) is 10.7. The molecule has 4 nitrogen and oxygen atoms in total. The van der Waals surface area contributed by atoms with Crippen molar-refractivity contribution in [2.75, 3.05) is 0 Å². The van der Waals surface area contributed by atoms with Gasteiger partial charge in [0.1, 0.15) is 5.65 Å². The molecule has 4 aromatic heterocycles. The number of aromatic amines is 1. The summed E-state index contributed by atoms with van der Waals surface area (Å²) < 4.78 is 14.2. The molecule has 0 atom stereocenters. The first-order valence-corrected chi connectivity index (χ1v) is 8.54. The smallest absolute Gasteiger partial charge is 0.217 e. The molecule has 0 saturated heterocycles. The highest BCUT2D eigenvalue weighted by Crippen LogP contribution is 2.22. The van der Waals surface area contributed by atoms with Gasteiger partial charge in [0.2, 0.25) is 5.95 Å². The largest absolute Gasteiger partial charge is 0.346 e. The van der Waals surface area contributed by atoms with Crippen molar-refractivity contribution in [2.24, 2.45) is 0 Å². The molecule has 6 heteroatoms. The van der Waals surface area contributed by atoms with Crippen LogP contribution in [0.4, 0.5) is 4.39 Å². The Labute approximate surface area is 155 Å². The van der Waals surface area contributed by atoms with Crippen molar-refractivity contribution in [3.63, 3.8) is 0 Å². The summed E-state index contributed by atoms with van der Waals surface area (Å²) in [7, 11) is 0. The van der Waals surface area contributed by atoms with Crippen LogP contribution in [0.2, 0.25) is 5.02 Å². The monoisotopic (exact) mass is 365 g/mol. The lowest BCUT2D eigenvalue weighted by Crippen LogP contribution is -2.00. The van der Waals surface area contributed by atoms with Crippen molar-refractivity contribution in [2.45, 2.75) is 19.8 Å². The number of rotatable bonds is 4. The number of hydrogen-bond donors (Lipinski definition) is 1. The van der Waals surface area contributed by atoms with Gasteiger partial charge in [-0.1, -0.05) is 11.6 Å². The second-order valence-corrected chi connectivity index (χ2v) is 6.73. The quantitative estimate of drug-likeness (QED) is 0.544. The van der Waals surface area contributed by atoms with Gasteiger partial charge in [0.05, 0.1) is 11.2 Å². The number of H-pyrrole nitrogens is 1. The summed E-state index contributed by atoms with van der Waals surface area (Å²) in [6, 6.07) is 5.68. The molecule has 0 fully saturated rings. The lowest BCUT2D eigenvalue weighted by Gasteiger charge is -2.06. The third-order valence-electron chi connectivity index (χ3n) is 4.20. The highest BCUT2D eigenvalue weighted by atomic mass is 35.5. The molecule has 0 unspecified atom stereocenters. The van der Waals surface area contributed by atoms with Gasteiger partial charge in [-0.2, -0.15) is 4.39 Å². The van der Waals surface area contributed by atoms with Crippen molar-refractivity contribution >= 4 is 22.6 Å². The van der Waals surface area contributed by atoms with Crippen molar-refractivity contribution < 1.29 is 4.39 Å². The number of halogens is 2. The van der Waals surface area contributed by atoms with Gasteiger partial charge in [-0.3, -0.25) is 4.98 Å². The van der Waals surface area contributed by atoms with Crippen LogP contribution in [-0.2, 0) is 12.8 Å². The van der Waals surface area contributed by atoms with Gasteiger partial charge >= 0.3 is 0 Å².